The van der Waals surface area contributed by atoms with Crippen LogP contribution in [0.3, 0.4) is 0 Å². The Bertz CT molecular complexity index is 518. The van der Waals surface area contributed by atoms with Gasteiger partial charge in [-0.15, -0.1) is 0 Å². The zero-order valence-electron chi connectivity index (χ0n) is 8.48. The molecule has 0 aromatic heterocycles. The SMILES string of the molecule is C=C/C=C(/N)c1cccc2ccccc12. The standard InChI is InChI=1S/C14H13N/c1-2-6-14(15)13-10-5-8-11-7-3-4-9-12(11)13/h2-10H,1,15H2/b14-6+. The van der Waals surface area contributed by atoms with E-state index in [1.54, 1.807) is 6.08 Å². The highest BCUT2D eigenvalue weighted by atomic mass is 14.6. The molecule has 0 spiro atoms. The van der Waals surface area contributed by atoms with Crippen molar-refractivity contribution in [3.8, 4) is 0 Å². The molecule has 0 aliphatic rings. The van der Waals surface area contributed by atoms with E-state index >= 15 is 0 Å². The van der Waals surface area contributed by atoms with E-state index in [0.29, 0.717) is 0 Å². The van der Waals surface area contributed by atoms with Crippen LogP contribution in [0.1, 0.15) is 5.56 Å². The maximum Gasteiger partial charge on any atom is 0.0393 e. The molecule has 2 rings (SSSR count). The van der Waals surface area contributed by atoms with Crippen molar-refractivity contribution in [2.24, 2.45) is 5.73 Å². The van der Waals surface area contributed by atoms with Gasteiger partial charge in [0.15, 0.2) is 0 Å². The van der Waals surface area contributed by atoms with Crippen molar-refractivity contribution < 1.29 is 0 Å². The van der Waals surface area contributed by atoms with Crippen LogP contribution in [0, 0.1) is 0 Å². The Morgan fingerprint density at radius 1 is 1.07 bits per heavy atom. The third-order valence-corrected chi connectivity index (χ3v) is 2.40. The zero-order chi connectivity index (χ0) is 10.7. The molecule has 2 aromatic rings. The summed E-state index contributed by atoms with van der Waals surface area (Å²) in [5.41, 5.74) is 7.78. The molecule has 0 aliphatic heterocycles. The van der Waals surface area contributed by atoms with Gasteiger partial charge in [0.05, 0.1) is 0 Å². The van der Waals surface area contributed by atoms with Gasteiger partial charge in [0, 0.05) is 11.3 Å². The fourth-order valence-electron chi connectivity index (χ4n) is 1.69. The molecule has 0 unspecified atom stereocenters. The number of nitrogens with two attached hydrogens (primary N) is 1. The second-order valence-corrected chi connectivity index (χ2v) is 3.38. The Balaban J connectivity index is 2.71. The molecule has 0 saturated heterocycles. The molecule has 15 heavy (non-hydrogen) atoms. The molecular weight excluding hydrogens is 182 g/mol. The minimum atomic E-state index is 0.752. The van der Waals surface area contributed by atoms with E-state index in [1.807, 2.05) is 30.3 Å². The predicted octanol–water partition coefficient (Wildman–Crippen LogP) is 3.33. The summed E-state index contributed by atoms with van der Waals surface area (Å²) < 4.78 is 0. The smallest absolute Gasteiger partial charge is 0.0393 e. The Labute approximate surface area is 89.5 Å². The highest BCUT2D eigenvalue weighted by Gasteiger charge is 2.01. The Morgan fingerprint density at radius 2 is 1.80 bits per heavy atom. The fraction of sp³-hybridized carbons (Fsp3) is 0. The molecule has 0 saturated carbocycles. The van der Waals surface area contributed by atoms with Crippen LogP contribution in [-0.4, -0.2) is 0 Å². The van der Waals surface area contributed by atoms with E-state index < -0.39 is 0 Å². The number of rotatable bonds is 2. The molecule has 74 valence electrons. The van der Waals surface area contributed by atoms with Crippen molar-refractivity contribution in [2.45, 2.75) is 0 Å². The van der Waals surface area contributed by atoms with Crippen molar-refractivity contribution >= 4 is 16.5 Å². The highest BCUT2D eigenvalue weighted by Crippen LogP contribution is 2.22. The van der Waals surface area contributed by atoms with Crippen molar-refractivity contribution in [1.82, 2.24) is 0 Å². The van der Waals surface area contributed by atoms with Gasteiger partial charge >= 0.3 is 0 Å². The van der Waals surface area contributed by atoms with Crippen molar-refractivity contribution in [2.75, 3.05) is 0 Å². The summed E-state index contributed by atoms with van der Waals surface area (Å²) in [7, 11) is 0. The second kappa shape index (κ2) is 4.01. The number of fused-ring (bicyclic) bond motifs is 1. The molecule has 0 amide bonds. The molecule has 2 N–H and O–H groups in total. The third-order valence-electron chi connectivity index (χ3n) is 2.40. The maximum absolute atomic E-state index is 5.96. The summed E-state index contributed by atoms with van der Waals surface area (Å²) >= 11 is 0. The Kier molecular flexibility index (Phi) is 2.55. The van der Waals surface area contributed by atoms with Gasteiger partial charge in [-0.3, -0.25) is 0 Å². The summed E-state index contributed by atoms with van der Waals surface area (Å²) in [6.07, 6.45) is 3.53. The van der Waals surface area contributed by atoms with Crippen LogP contribution in [0.15, 0.2) is 61.2 Å². The number of allylic oxidation sites excluding steroid dienone is 2. The van der Waals surface area contributed by atoms with Crippen molar-refractivity contribution in [3.63, 3.8) is 0 Å². The lowest BCUT2D eigenvalue weighted by atomic mass is 10.0. The Hall–Kier alpha value is -2.02. The van der Waals surface area contributed by atoms with E-state index in [0.717, 1.165) is 11.3 Å². The van der Waals surface area contributed by atoms with Gasteiger partial charge in [-0.2, -0.15) is 0 Å². The number of benzene rings is 2. The normalized spacial score (nSPS) is 11.6. The van der Waals surface area contributed by atoms with E-state index in [1.165, 1.54) is 10.8 Å². The topological polar surface area (TPSA) is 26.0 Å². The monoisotopic (exact) mass is 195 g/mol. The molecule has 1 nitrogen and oxygen atoms in total. The first kappa shape index (κ1) is 9.53. The van der Waals surface area contributed by atoms with Crippen LogP contribution < -0.4 is 5.73 Å². The average Bonchev–Trinajstić information content (AvgIpc) is 2.28. The number of hydrogen-bond donors (Lipinski definition) is 1. The molecular formula is C14H13N. The zero-order valence-corrected chi connectivity index (χ0v) is 8.48. The van der Waals surface area contributed by atoms with Gasteiger partial charge in [-0.05, 0) is 16.8 Å². The summed E-state index contributed by atoms with van der Waals surface area (Å²) in [5.74, 6) is 0. The fourth-order valence-corrected chi connectivity index (χ4v) is 1.69. The molecule has 2 aromatic carbocycles. The van der Waals surface area contributed by atoms with Crippen LogP contribution in [0.4, 0.5) is 0 Å². The molecule has 0 radical (unpaired) electrons. The minimum Gasteiger partial charge on any atom is -0.398 e. The minimum absolute atomic E-state index is 0.752. The molecule has 0 bridgehead atoms. The first-order valence-corrected chi connectivity index (χ1v) is 4.89. The van der Waals surface area contributed by atoms with E-state index in [4.69, 9.17) is 5.73 Å². The molecule has 0 aliphatic carbocycles. The lowest BCUT2D eigenvalue weighted by molar-refractivity contribution is 1.55. The van der Waals surface area contributed by atoms with E-state index in [2.05, 4.69) is 24.8 Å². The van der Waals surface area contributed by atoms with Gasteiger partial charge in [-0.1, -0.05) is 55.1 Å². The van der Waals surface area contributed by atoms with Gasteiger partial charge < -0.3 is 5.73 Å². The van der Waals surface area contributed by atoms with Crippen molar-refractivity contribution in [1.29, 1.82) is 0 Å². The highest BCUT2D eigenvalue weighted by molar-refractivity contribution is 5.93. The van der Waals surface area contributed by atoms with Gasteiger partial charge in [0.2, 0.25) is 0 Å². The van der Waals surface area contributed by atoms with Gasteiger partial charge in [0.1, 0.15) is 0 Å². The lowest BCUT2D eigenvalue weighted by Crippen LogP contribution is -1.96. The first-order valence-electron chi connectivity index (χ1n) is 4.89. The van der Waals surface area contributed by atoms with E-state index in [9.17, 15) is 0 Å². The van der Waals surface area contributed by atoms with Crippen LogP contribution in [0.2, 0.25) is 0 Å². The van der Waals surface area contributed by atoms with Gasteiger partial charge in [0.25, 0.3) is 0 Å². The third kappa shape index (κ3) is 1.77. The van der Waals surface area contributed by atoms with Crippen LogP contribution in [-0.2, 0) is 0 Å². The van der Waals surface area contributed by atoms with Crippen LogP contribution in [0.25, 0.3) is 16.5 Å². The molecule has 0 heterocycles. The van der Waals surface area contributed by atoms with Crippen molar-refractivity contribution in [3.05, 3.63) is 66.8 Å². The summed E-state index contributed by atoms with van der Waals surface area (Å²) in [6, 6.07) is 14.3. The molecule has 0 fully saturated rings. The first-order chi connectivity index (χ1) is 7.33. The van der Waals surface area contributed by atoms with Crippen LogP contribution in [0.5, 0.6) is 0 Å². The Morgan fingerprint density at radius 3 is 2.60 bits per heavy atom. The largest absolute Gasteiger partial charge is 0.398 e. The lowest BCUT2D eigenvalue weighted by Gasteiger charge is -2.05. The van der Waals surface area contributed by atoms with E-state index in [-0.39, 0.29) is 0 Å². The summed E-state index contributed by atoms with van der Waals surface area (Å²) in [4.78, 5) is 0. The molecule has 0 atom stereocenters. The predicted molar refractivity (Wildman–Crippen MR) is 66.3 cm³/mol. The quantitative estimate of drug-likeness (QED) is 0.731. The molecule has 1 heteroatoms. The number of hydrogen-bond acceptors (Lipinski definition) is 1. The summed E-state index contributed by atoms with van der Waals surface area (Å²) in [5, 5.41) is 2.38. The van der Waals surface area contributed by atoms with Gasteiger partial charge in [-0.25, -0.2) is 0 Å². The maximum atomic E-state index is 5.96. The van der Waals surface area contributed by atoms with Crippen LogP contribution >= 0.6 is 0 Å². The average molecular weight is 195 g/mol. The second-order valence-electron chi connectivity index (χ2n) is 3.38. The summed E-state index contributed by atoms with van der Waals surface area (Å²) in [6.45, 7) is 3.65.